The van der Waals surface area contributed by atoms with Gasteiger partial charge in [0.15, 0.2) is 5.82 Å². The number of amides is 1. The van der Waals surface area contributed by atoms with Crippen molar-refractivity contribution < 1.29 is 14.3 Å². The molecule has 26 heavy (non-hydrogen) atoms. The first kappa shape index (κ1) is 17.3. The molecule has 1 N–H and O–H groups in total. The smallest absolute Gasteiger partial charge is 0.308 e. The molecular formula is C19H18N4O3. The number of rotatable bonds is 6. The van der Waals surface area contributed by atoms with E-state index in [9.17, 15) is 9.59 Å². The number of esters is 1. The van der Waals surface area contributed by atoms with Crippen molar-refractivity contribution in [1.82, 2.24) is 19.9 Å². The van der Waals surface area contributed by atoms with Gasteiger partial charge in [0.25, 0.3) is 5.91 Å². The molecule has 0 unspecified atom stereocenters. The first-order valence-corrected chi connectivity index (χ1v) is 8.13. The van der Waals surface area contributed by atoms with Crippen LogP contribution in [0.1, 0.15) is 17.3 Å². The van der Waals surface area contributed by atoms with E-state index in [0.29, 0.717) is 24.4 Å². The zero-order valence-corrected chi connectivity index (χ0v) is 14.3. The summed E-state index contributed by atoms with van der Waals surface area (Å²) in [7, 11) is 0. The highest BCUT2D eigenvalue weighted by Crippen LogP contribution is 2.14. The first-order valence-electron chi connectivity index (χ1n) is 8.13. The number of nitrogens with zero attached hydrogens (tertiary/aromatic N) is 3. The van der Waals surface area contributed by atoms with Crippen LogP contribution in [-0.4, -0.2) is 33.0 Å². The van der Waals surface area contributed by atoms with Crippen molar-refractivity contribution in [2.24, 2.45) is 0 Å². The van der Waals surface area contributed by atoms with Crippen molar-refractivity contribution >= 4 is 11.9 Å². The molecule has 1 aromatic carbocycles. The van der Waals surface area contributed by atoms with Crippen molar-refractivity contribution in [2.45, 2.75) is 13.5 Å². The highest BCUT2D eigenvalue weighted by Gasteiger charge is 2.09. The van der Waals surface area contributed by atoms with Gasteiger partial charge in [0.2, 0.25) is 0 Å². The maximum atomic E-state index is 12.2. The van der Waals surface area contributed by atoms with Gasteiger partial charge in [-0.1, -0.05) is 6.07 Å². The number of carbonyl (C=O) groups is 2. The van der Waals surface area contributed by atoms with Crippen LogP contribution in [-0.2, 0) is 11.3 Å². The molecule has 7 heteroatoms. The van der Waals surface area contributed by atoms with Gasteiger partial charge in [0.05, 0.1) is 0 Å². The minimum absolute atomic E-state index is 0.195. The zero-order chi connectivity index (χ0) is 18.4. The SMILES string of the molecule is CC(=O)Oc1ccc(C(=O)NCCn2ccnc2-c2ccccn2)cc1. The number of benzene rings is 1. The van der Waals surface area contributed by atoms with E-state index in [1.807, 2.05) is 29.0 Å². The second-order valence-electron chi connectivity index (χ2n) is 5.53. The maximum Gasteiger partial charge on any atom is 0.308 e. The molecule has 3 aromatic rings. The van der Waals surface area contributed by atoms with Gasteiger partial charge in [-0.2, -0.15) is 0 Å². The molecule has 1 amide bonds. The van der Waals surface area contributed by atoms with Crippen LogP contribution in [0.15, 0.2) is 61.1 Å². The molecule has 2 heterocycles. The Bertz CT molecular complexity index is 889. The lowest BCUT2D eigenvalue weighted by Gasteiger charge is -2.09. The van der Waals surface area contributed by atoms with E-state index in [4.69, 9.17) is 4.74 Å². The third-order valence-electron chi connectivity index (χ3n) is 3.63. The molecule has 0 fully saturated rings. The van der Waals surface area contributed by atoms with Crippen molar-refractivity contribution in [3.8, 4) is 17.3 Å². The summed E-state index contributed by atoms with van der Waals surface area (Å²) < 4.78 is 6.88. The van der Waals surface area contributed by atoms with Crippen LogP contribution in [0.2, 0.25) is 0 Å². The Kier molecular flexibility index (Phi) is 5.38. The van der Waals surface area contributed by atoms with Gasteiger partial charge < -0.3 is 14.6 Å². The minimum Gasteiger partial charge on any atom is -0.427 e. The Morgan fingerprint density at radius 2 is 1.88 bits per heavy atom. The monoisotopic (exact) mass is 350 g/mol. The number of hydrogen-bond donors (Lipinski definition) is 1. The summed E-state index contributed by atoms with van der Waals surface area (Å²) in [6.07, 6.45) is 5.28. The molecule has 0 bridgehead atoms. The molecule has 0 saturated heterocycles. The van der Waals surface area contributed by atoms with Crippen LogP contribution in [0.4, 0.5) is 0 Å². The standard InChI is InChI=1S/C19H18N4O3/c1-14(24)26-16-7-5-15(6-8-16)19(25)22-11-13-23-12-10-21-18(23)17-4-2-3-9-20-17/h2-10,12H,11,13H2,1H3,(H,22,25). The number of pyridine rings is 1. The molecule has 0 saturated carbocycles. The van der Waals surface area contributed by atoms with Crippen LogP contribution in [0.3, 0.4) is 0 Å². The molecule has 3 rings (SSSR count). The largest absolute Gasteiger partial charge is 0.427 e. The fourth-order valence-electron chi connectivity index (χ4n) is 2.45. The Morgan fingerprint density at radius 1 is 1.08 bits per heavy atom. The summed E-state index contributed by atoms with van der Waals surface area (Å²) in [5, 5.41) is 2.86. The van der Waals surface area contributed by atoms with Gasteiger partial charge in [-0.25, -0.2) is 4.98 Å². The highest BCUT2D eigenvalue weighted by molar-refractivity contribution is 5.94. The van der Waals surface area contributed by atoms with Gasteiger partial charge in [-0.3, -0.25) is 14.6 Å². The van der Waals surface area contributed by atoms with E-state index in [1.165, 1.54) is 6.92 Å². The second-order valence-corrected chi connectivity index (χ2v) is 5.53. The Morgan fingerprint density at radius 3 is 2.58 bits per heavy atom. The number of ether oxygens (including phenoxy) is 1. The first-order chi connectivity index (χ1) is 12.6. The lowest BCUT2D eigenvalue weighted by atomic mass is 10.2. The van der Waals surface area contributed by atoms with Crippen molar-refractivity contribution in [3.63, 3.8) is 0 Å². The minimum atomic E-state index is -0.397. The molecule has 0 atom stereocenters. The maximum absolute atomic E-state index is 12.2. The quantitative estimate of drug-likeness (QED) is 0.544. The predicted octanol–water partition coefficient (Wildman–Crippen LogP) is 2.30. The normalized spacial score (nSPS) is 10.3. The third kappa shape index (κ3) is 4.32. The summed E-state index contributed by atoms with van der Waals surface area (Å²) in [5.74, 6) is 0.572. The number of aromatic nitrogens is 3. The molecule has 7 nitrogen and oxygen atoms in total. The van der Waals surface area contributed by atoms with Crippen LogP contribution >= 0.6 is 0 Å². The molecule has 0 aliphatic rings. The highest BCUT2D eigenvalue weighted by atomic mass is 16.5. The van der Waals surface area contributed by atoms with Gasteiger partial charge in [0.1, 0.15) is 11.4 Å². The number of imidazole rings is 1. The zero-order valence-electron chi connectivity index (χ0n) is 14.3. The second kappa shape index (κ2) is 8.06. The number of nitrogens with one attached hydrogen (secondary N) is 1. The summed E-state index contributed by atoms with van der Waals surface area (Å²) in [6, 6.07) is 12.1. The van der Waals surface area contributed by atoms with E-state index >= 15 is 0 Å². The van der Waals surface area contributed by atoms with Crippen LogP contribution < -0.4 is 10.1 Å². The Labute approximate surface area is 150 Å². The van der Waals surface area contributed by atoms with Crippen molar-refractivity contribution in [3.05, 3.63) is 66.6 Å². The lowest BCUT2D eigenvalue weighted by Crippen LogP contribution is -2.27. The van der Waals surface area contributed by atoms with Crippen LogP contribution in [0, 0.1) is 0 Å². The summed E-state index contributed by atoms with van der Waals surface area (Å²) >= 11 is 0. The fourth-order valence-corrected chi connectivity index (χ4v) is 2.45. The van der Waals surface area contributed by atoms with Crippen molar-refractivity contribution in [2.75, 3.05) is 6.54 Å². The van der Waals surface area contributed by atoms with E-state index < -0.39 is 5.97 Å². The third-order valence-corrected chi connectivity index (χ3v) is 3.63. The van der Waals surface area contributed by atoms with Gasteiger partial charge in [0, 0.05) is 44.2 Å². The number of carbonyl (C=O) groups excluding carboxylic acids is 2. The lowest BCUT2D eigenvalue weighted by molar-refractivity contribution is -0.131. The average Bonchev–Trinajstić information content (AvgIpc) is 3.11. The average molecular weight is 350 g/mol. The molecule has 0 aliphatic carbocycles. The van der Waals surface area contributed by atoms with E-state index in [-0.39, 0.29) is 5.91 Å². The Balaban J connectivity index is 1.56. The van der Waals surface area contributed by atoms with E-state index in [1.54, 1.807) is 36.7 Å². The molecule has 0 aliphatic heterocycles. The van der Waals surface area contributed by atoms with Gasteiger partial charge in [-0.15, -0.1) is 0 Å². The molecule has 0 radical (unpaired) electrons. The van der Waals surface area contributed by atoms with Crippen LogP contribution in [0.5, 0.6) is 5.75 Å². The molecule has 2 aromatic heterocycles. The van der Waals surface area contributed by atoms with Gasteiger partial charge in [-0.05, 0) is 36.4 Å². The fraction of sp³-hybridized carbons (Fsp3) is 0.158. The summed E-state index contributed by atoms with van der Waals surface area (Å²) in [6.45, 7) is 2.35. The summed E-state index contributed by atoms with van der Waals surface area (Å²) in [4.78, 5) is 31.7. The number of hydrogen-bond acceptors (Lipinski definition) is 5. The van der Waals surface area contributed by atoms with E-state index in [0.717, 1.165) is 11.5 Å². The van der Waals surface area contributed by atoms with Crippen molar-refractivity contribution in [1.29, 1.82) is 0 Å². The topological polar surface area (TPSA) is 86.1 Å². The molecular weight excluding hydrogens is 332 g/mol. The van der Waals surface area contributed by atoms with E-state index in [2.05, 4.69) is 15.3 Å². The summed E-state index contributed by atoms with van der Waals surface area (Å²) in [5.41, 5.74) is 1.28. The molecule has 0 spiro atoms. The molecule has 132 valence electrons. The Hall–Kier alpha value is -3.48. The van der Waals surface area contributed by atoms with Gasteiger partial charge >= 0.3 is 5.97 Å². The van der Waals surface area contributed by atoms with Crippen LogP contribution in [0.25, 0.3) is 11.5 Å². The predicted molar refractivity (Wildman–Crippen MR) is 95.5 cm³/mol.